The van der Waals surface area contributed by atoms with Crippen LogP contribution >= 0.6 is 12.4 Å². The minimum atomic E-state index is -4.47. The van der Waals surface area contributed by atoms with E-state index in [1.165, 1.54) is 12.1 Å². The zero-order valence-corrected chi connectivity index (χ0v) is 13.6. The van der Waals surface area contributed by atoms with Gasteiger partial charge in [0.2, 0.25) is 0 Å². The number of carbonyl (C=O) groups excluding carboxylic acids is 1. The van der Waals surface area contributed by atoms with Crippen molar-refractivity contribution in [3.63, 3.8) is 0 Å². The number of hydrogen-bond donors (Lipinski definition) is 2. The lowest BCUT2D eigenvalue weighted by atomic mass is 9.90. The summed E-state index contributed by atoms with van der Waals surface area (Å²) < 4.78 is 38.0. The van der Waals surface area contributed by atoms with Crippen LogP contribution in [0.3, 0.4) is 0 Å². The van der Waals surface area contributed by atoms with Crippen molar-refractivity contribution in [2.24, 2.45) is 11.7 Å². The molecule has 3 nitrogen and oxygen atoms in total. The van der Waals surface area contributed by atoms with E-state index in [9.17, 15) is 18.0 Å². The van der Waals surface area contributed by atoms with Gasteiger partial charge in [-0.15, -0.1) is 12.4 Å². The molecule has 1 atom stereocenters. The first-order chi connectivity index (χ1) is 9.57. The Morgan fingerprint density at radius 1 is 1.32 bits per heavy atom. The highest BCUT2D eigenvalue weighted by molar-refractivity contribution is 5.94. The average molecular weight is 339 g/mol. The number of amides is 1. The Hall–Kier alpha value is -1.27. The molecule has 1 aromatic carbocycles. The summed E-state index contributed by atoms with van der Waals surface area (Å²) in [7, 11) is 0. The van der Waals surface area contributed by atoms with E-state index in [2.05, 4.69) is 5.32 Å². The molecule has 0 fully saturated rings. The smallest absolute Gasteiger partial charge is 0.346 e. The van der Waals surface area contributed by atoms with Crippen molar-refractivity contribution in [1.29, 1.82) is 0 Å². The topological polar surface area (TPSA) is 55.1 Å². The van der Waals surface area contributed by atoms with Crippen molar-refractivity contribution < 1.29 is 18.0 Å². The van der Waals surface area contributed by atoms with E-state index in [1.807, 2.05) is 13.8 Å². The van der Waals surface area contributed by atoms with E-state index in [0.717, 1.165) is 12.1 Å². The fourth-order valence-corrected chi connectivity index (χ4v) is 2.27. The zero-order valence-electron chi connectivity index (χ0n) is 12.8. The SMILES string of the molecule is CC(C)CC(C)(CN)NC(=O)c1cccc(C(F)(F)F)c1.Cl. The fraction of sp³-hybridized carbons (Fsp3) is 0.533. The molecule has 0 heterocycles. The Morgan fingerprint density at radius 2 is 1.91 bits per heavy atom. The van der Waals surface area contributed by atoms with Gasteiger partial charge in [0, 0.05) is 17.6 Å². The molecule has 1 aromatic rings. The summed E-state index contributed by atoms with van der Waals surface area (Å²) in [4.78, 5) is 12.1. The molecule has 3 N–H and O–H groups in total. The highest BCUT2D eigenvalue weighted by atomic mass is 35.5. The van der Waals surface area contributed by atoms with Crippen molar-refractivity contribution in [2.45, 2.75) is 38.9 Å². The number of carbonyl (C=O) groups is 1. The molecule has 0 aromatic heterocycles. The highest BCUT2D eigenvalue weighted by Gasteiger charge is 2.32. The van der Waals surface area contributed by atoms with Gasteiger partial charge in [0.25, 0.3) is 5.91 Å². The molecule has 0 saturated heterocycles. The Morgan fingerprint density at radius 3 is 2.36 bits per heavy atom. The first kappa shape index (κ1) is 20.7. The van der Waals surface area contributed by atoms with Gasteiger partial charge in [-0.2, -0.15) is 13.2 Å². The fourth-order valence-electron chi connectivity index (χ4n) is 2.27. The number of alkyl halides is 3. The molecule has 22 heavy (non-hydrogen) atoms. The highest BCUT2D eigenvalue weighted by Crippen LogP contribution is 2.29. The maximum Gasteiger partial charge on any atom is 0.416 e. The normalized spacial score (nSPS) is 14.2. The van der Waals surface area contributed by atoms with Crippen LogP contribution in [0.1, 0.15) is 43.1 Å². The first-order valence-electron chi connectivity index (χ1n) is 6.77. The Labute approximate surface area is 134 Å². The Bertz CT molecular complexity index is 506. The molecule has 126 valence electrons. The van der Waals surface area contributed by atoms with Gasteiger partial charge in [-0.25, -0.2) is 0 Å². The lowest BCUT2D eigenvalue weighted by molar-refractivity contribution is -0.137. The molecule has 0 spiro atoms. The maximum atomic E-state index is 12.7. The van der Waals surface area contributed by atoms with Crippen LogP contribution in [0.25, 0.3) is 0 Å². The van der Waals surface area contributed by atoms with Gasteiger partial charge < -0.3 is 11.1 Å². The molecule has 0 aliphatic rings. The summed E-state index contributed by atoms with van der Waals surface area (Å²) in [5.41, 5.74) is 4.19. The third-order valence-electron chi connectivity index (χ3n) is 3.18. The molecule has 7 heteroatoms. The number of hydrogen-bond acceptors (Lipinski definition) is 2. The van der Waals surface area contributed by atoms with Crippen LogP contribution < -0.4 is 11.1 Å². The van der Waals surface area contributed by atoms with Gasteiger partial charge in [0.1, 0.15) is 0 Å². The maximum absolute atomic E-state index is 12.7. The van der Waals surface area contributed by atoms with Gasteiger partial charge in [-0.05, 0) is 37.5 Å². The van der Waals surface area contributed by atoms with E-state index in [0.29, 0.717) is 12.3 Å². The number of nitrogens with two attached hydrogens (primary N) is 1. The third kappa shape index (κ3) is 5.85. The van der Waals surface area contributed by atoms with E-state index in [-0.39, 0.29) is 24.5 Å². The van der Waals surface area contributed by atoms with Crippen molar-refractivity contribution in [2.75, 3.05) is 6.54 Å². The van der Waals surface area contributed by atoms with Crippen LogP contribution in [-0.2, 0) is 6.18 Å². The number of rotatable bonds is 5. The van der Waals surface area contributed by atoms with Gasteiger partial charge >= 0.3 is 6.18 Å². The summed E-state index contributed by atoms with van der Waals surface area (Å²) in [5.74, 6) is -0.241. The van der Waals surface area contributed by atoms with Gasteiger partial charge in [-0.3, -0.25) is 4.79 Å². The zero-order chi connectivity index (χ0) is 16.3. The second-order valence-electron chi connectivity index (χ2n) is 5.90. The lowest BCUT2D eigenvalue weighted by Crippen LogP contribution is -2.52. The van der Waals surface area contributed by atoms with Gasteiger partial charge in [-0.1, -0.05) is 19.9 Å². The van der Waals surface area contributed by atoms with E-state index in [4.69, 9.17) is 5.73 Å². The third-order valence-corrected chi connectivity index (χ3v) is 3.18. The van der Waals surface area contributed by atoms with Crippen LogP contribution in [0, 0.1) is 5.92 Å². The number of halogens is 4. The largest absolute Gasteiger partial charge is 0.416 e. The van der Waals surface area contributed by atoms with Crippen LogP contribution in [0.15, 0.2) is 24.3 Å². The molecule has 0 bridgehead atoms. The van der Waals surface area contributed by atoms with Crippen molar-refractivity contribution >= 4 is 18.3 Å². The standard InChI is InChI=1S/C15H21F3N2O.ClH/c1-10(2)8-14(3,9-19)20-13(21)11-5-4-6-12(7-11)15(16,17)18;/h4-7,10H,8-9,19H2,1-3H3,(H,20,21);1H. The summed E-state index contributed by atoms with van der Waals surface area (Å²) in [6, 6.07) is 4.37. The summed E-state index contributed by atoms with van der Waals surface area (Å²) in [6.45, 7) is 5.99. The summed E-state index contributed by atoms with van der Waals surface area (Å²) in [5, 5.41) is 2.74. The molecule has 0 aliphatic heterocycles. The molecule has 1 rings (SSSR count). The molecule has 0 aliphatic carbocycles. The monoisotopic (exact) mass is 338 g/mol. The predicted molar refractivity (Wildman–Crippen MR) is 83.1 cm³/mol. The Balaban J connectivity index is 0.00000441. The molecular formula is C15H22ClF3N2O. The minimum Gasteiger partial charge on any atom is -0.346 e. The molecule has 1 amide bonds. The van der Waals surface area contributed by atoms with Gasteiger partial charge in [0.05, 0.1) is 5.56 Å². The van der Waals surface area contributed by atoms with Crippen LogP contribution in [-0.4, -0.2) is 18.0 Å². The average Bonchev–Trinajstić information content (AvgIpc) is 2.37. The minimum absolute atomic E-state index is 0. The summed E-state index contributed by atoms with van der Waals surface area (Å²) >= 11 is 0. The number of nitrogens with one attached hydrogen (secondary N) is 1. The van der Waals surface area contributed by atoms with E-state index < -0.39 is 23.2 Å². The van der Waals surface area contributed by atoms with E-state index in [1.54, 1.807) is 6.92 Å². The molecule has 0 radical (unpaired) electrons. The molecular weight excluding hydrogens is 317 g/mol. The van der Waals surface area contributed by atoms with Crippen LogP contribution in [0.4, 0.5) is 13.2 Å². The quantitative estimate of drug-likeness (QED) is 0.861. The van der Waals surface area contributed by atoms with E-state index >= 15 is 0 Å². The van der Waals surface area contributed by atoms with Gasteiger partial charge in [0.15, 0.2) is 0 Å². The first-order valence-corrected chi connectivity index (χ1v) is 6.77. The lowest BCUT2D eigenvalue weighted by Gasteiger charge is -2.31. The Kier molecular flexibility index (Phi) is 7.38. The number of benzene rings is 1. The molecule has 0 saturated carbocycles. The second kappa shape index (κ2) is 7.83. The summed E-state index contributed by atoms with van der Waals surface area (Å²) in [6.07, 6.45) is -3.82. The van der Waals surface area contributed by atoms with Crippen LogP contribution in [0.5, 0.6) is 0 Å². The van der Waals surface area contributed by atoms with Crippen LogP contribution in [0.2, 0.25) is 0 Å². The van der Waals surface area contributed by atoms with Crippen molar-refractivity contribution in [3.05, 3.63) is 35.4 Å². The molecule has 1 unspecified atom stereocenters. The van der Waals surface area contributed by atoms with Crippen molar-refractivity contribution in [1.82, 2.24) is 5.32 Å². The second-order valence-corrected chi connectivity index (χ2v) is 5.90. The predicted octanol–water partition coefficient (Wildman–Crippen LogP) is 3.62. The van der Waals surface area contributed by atoms with Crippen molar-refractivity contribution in [3.8, 4) is 0 Å².